The molecule has 4 rings (SSSR count). The lowest BCUT2D eigenvalue weighted by Crippen LogP contribution is -2.34. The molecule has 0 spiro atoms. The highest BCUT2D eigenvalue weighted by Gasteiger charge is 2.27. The number of nitrogens with zero attached hydrogens (tertiary/aromatic N) is 5. The van der Waals surface area contributed by atoms with Gasteiger partial charge in [0.15, 0.2) is 5.82 Å². The molecule has 0 aromatic carbocycles. The maximum Gasteiger partial charge on any atom is 0.231 e. The maximum atomic E-state index is 5.55. The third-order valence-corrected chi connectivity index (χ3v) is 5.04. The molecule has 1 fully saturated rings. The molecule has 0 saturated carbocycles. The van der Waals surface area contributed by atoms with Gasteiger partial charge in [0.2, 0.25) is 5.89 Å². The Labute approximate surface area is 148 Å². The fourth-order valence-corrected chi connectivity index (χ4v) is 3.84. The Balaban J connectivity index is 1.39. The van der Waals surface area contributed by atoms with Crippen molar-refractivity contribution >= 4 is 0 Å². The number of aromatic nitrogens is 4. The molecule has 2 aliphatic rings. The van der Waals surface area contributed by atoms with Crippen LogP contribution in [0.5, 0.6) is 0 Å². The van der Waals surface area contributed by atoms with Crippen molar-refractivity contribution in [2.75, 3.05) is 19.6 Å². The van der Waals surface area contributed by atoms with E-state index in [0.717, 1.165) is 63.8 Å². The highest BCUT2D eigenvalue weighted by atomic mass is 16.5. The van der Waals surface area contributed by atoms with E-state index in [-0.39, 0.29) is 0 Å². The Hall–Kier alpha value is -1.73. The van der Waals surface area contributed by atoms with Crippen LogP contribution in [-0.4, -0.2) is 44.5 Å². The van der Waals surface area contributed by atoms with Crippen molar-refractivity contribution in [2.45, 2.75) is 58.7 Å². The van der Waals surface area contributed by atoms with Crippen molar-refractivity contribution in [1.29, 1.82) is 0 Å². The standard InChI is InChI=1S/C18H28N6O/c1-13(2)8-17-20-18(25-22-17)14-4-3-6-23(11-14)12-15-9-16-10-19-5-7-24(16)21-15/h9,13-14,19H,3-8,10-12H2,1-2H3/t14-/m1/s1. The van der Waals surface area contributed by atoms with Crippen LogP contribution in [0.15, 0.2) is 10.6 Å². The zero-order chi connectivity index (χ0) is 17.2. The first-order chi connectivity index (χ1) is 12.2. The quantitative estimate of drug-likeness (QED) is 0.894. The zero-order valence-electron chi connectivity index (χ0n) is 15.2. The Bertz CT molecular complexity index is 683. The molecular weight excluding hydrogens is 316 g/mol. The molecule has 1 atom stereocenters. The molecule has 2 aromatic heterocycles. The second-order valence-corrected chi connectivity index (χ2v) is 7.75. The van der Waals surface area contributed by atoms with E-state index in [2.05, 4.69) is 45.0 Å². The second-order valence-electron chi connectivity index (χ2n) is 7.75. The summed E-state index contributed by atoms with van der Waals surface area (Å²) in [6.07, 6.45) is 3.18. The molecule has 1 N–H and O–H groups in total. The monoisotopic (exact) mass is 344 g/mol. The fraction of sp³-hybridized carbons (Fsp3) is 0.722. The third-order valence-electron chi connectivity index (χ3n) is 5.04. The lowest BCUT2D eigenvalue weighted by molar-refractivity contribution is 0.178. The van der Waals surface area contributed by atoms with Gasteiger partial charge in [0.1, 0.15) is 0 Å². The number of rotatable bonds is 5. The highest BCUT2D eigenvalue weighted by Crippen LogP contribution is 2.27. The van der Waals surface area contributed by atoms with Crippen LogP contribution in [0.3, 0.4) is 0 Å². The first-order valence-corrected chi connectivity index (χ1v) is 9.48. The number of nitrogens with one attached hydrogen (secondary N) is 1. The van der Waals surface area contributed by atoms with Gasteiger partial charge in [-0.15, -0.1) is 0 Å². The highest BCUT2D eigenvalue weighted by molar-refractivity contribution is 5.12. The first-order valence-electron chi connectivity index (χ1n) is 9.48. The van der Waals surface area contributed by atoms with Crippen LogP contribution < -0.4 is 5.32 Å². The molecule has 0 aliphatic carbocycles. The van der Waals surface area contributed by atoms with Crippen molar-refractivity contribution < 1.29 is 4.52 Å². The molecule has 0 radical (unpaired) electrons. The number of fused-ring (bicyclic) bond motifs is 1. The molecule has 0 unspecified atom stereocenters. The minimum atomic E-state index is 0.348. The molecule has 25 heavy (non-hydrogen) atoms. The van der Waals surface area contributed by atoms with Crippen LogP contribution in [0.2, 0.25) is 0 Å². The van der Waals surface area contributed by atoms with Gasteiger partial charge in [-0.3, -0.25) is 9.58 Å². The van der Waals surface area contributed by atoms with Gasteiger partial charge < -0.3 is 9.84 Å². The van der Waals surface area contributed by atoms with Crippen LogP contribution in [0.25, 0.3) is 0 Å². The average molecular weight is 344 g/mol. The molecule has 0 bridgehead atoms. The van der Waals surface area contributed by atoms with Crippen LogP contribution >= 0.6 is 0 Å². The molecule has 2 aromatic rings. The summed E-state index contributed by atoms with van der Waals surface area (Å²) < 4.78 is 7.70. The van der Waals surface area contributed by atoms with Crippen LogP contribution in [0.4, 0.5) is 0 Å². The van der Waals surface area contributed by atoms with E-state index in [0.29, 0.717) is 11.8 Å². The molecule has 1 saturated heterocycles. The van der Waals surface area contributed by atoms with Gasteiger partial charge in [-0.05, 0) is 31.4 Å². The largest absolute Gasteiger partial charge is 0.339 e. The van der Waals surface area contributed by atoms with Crippen molar-refractivity contribution in [1.82, 2.24) is 30.1 Å². The summed E-state index contributed by atoms with van der Waals surface area (Å²) in [4.78, 5) is 7.11. The van der Waals surface area contributed by atoms with Crippen LogP contribution in [-0.2, 0) is 26.1 Å². The number of hydrogen-bond donors (Lipinski definition) is 1. The van der Waals surface area contributed by atoms with Gasteiger partial charge in [-0.1, -0.05) is 19.0 Å². The third kappa shape index (κ3) is 3.93. The minimum absolute atomic E-state index is 0.348. The molecule has 7 nitrogen and oxygen atoms in total. The van der Waals surface area contributed by atoms with Crippen molar-refractivity contribution in [2.24, 2.45) is 5.92 Å². The fourth-order valence-electron chi connectivity index (χ4n) is 3.84. The number of piperidine rings is 1. The molecule has 4 heterocycles. The number of hydrogen-bond acceptors (Lipinski definition) is 6. The molecule has 0 amide bonds. The summed E-state index contributed by atoms with van der Waals surface area (Å²) in [5.41, 5.74) is 2.47. The predicted molar refractivity (Wildman–Crippen MR) is 94.0 cm³/mol. The summed E-state index contributed by atoms with van der Waals surface area (Å²) in [5.74, 6) is 2.56. The predicted octanol–water partition coefficient (Wildman–Crippen LogP) is 1.95. The van der Waals surface area contributed by atoms with E-state index >= 15 is 0 Å². The summed E-state index contributed by atoms with van der Waals surface area (Å²) in [5, 5.41) is 12.3. The zero-order valence-corrected chi connectivity index (χ0v) is 15.2. The Morgan fingerprint density at radius 2 is 2.28 bits per heavy atom. The van der Waals surface area contributed by atoms with Gasteiger partial charge in [0, 0.05) is 32.6 Å². The van der Waals surface area contributed by atoms with Crippen molar-refractivity contribution in [3.63, 3.8) is 0 Å². The van der Waals surface area contributed by atoms with Crippen LogP contribution in [0, 0.1) is 5.92 Å². The van der Waals surface area contributed by atoms with Crippen molar-refractivity contribution in [3.05, 3.63) is 29.2 Å². The SMILES string of the molecule is CC(C)Cc1noc([C@@H]2CCCN(Cc3cc4n(n3)CCNC4)C2)n1. The summed E-state index contributed by atoms with van der Waals surface area (Å²) in [6, 6.07) is 2.24. The Morgan fingerprint density at radius 3 is 3.12 bits per heavy atom. The minimum Gasteiger partial charge on any atom is -0.339 e. The maximum absolute atomic E-state index is 5.55. The van der Waals surface area contributed by atoms with Crippen LogP contribution in [0.1, 0.15) is 55.7 Å². The topological polar surface area (TPSA) is 72.0 Å². The van der Waals surface area contributed by atoms with Gasteiger partial charge in [-0.25, -0.2) is 0 Å². The normalized spacial score (nSPS) is 21.6. The van der Waals surface area contributed by atoms with E-state index in [4.69, 9.17) is 9.62 Å². The first kappa shape index (κ1) is 16.7. The van der Waals surface area contributed by atoms with Gasteiger partial charge in [0.25, 0.3) is 0 Å². The van der Waals surface area contributed by atoms with Gasteiger partial charge in [0.05, 0.1) is 23.9 Å². The smallest absolute Gasteiger partial charge is 0.231 e. The van der Waals surface area contributed by atoms with Gasteiger partial charge >= 0.3 is 0 Å². The summed E-state index contributed by atoms with van der Waals surface area (Å²) in [6.45, 7) is 10.3. The molecule has 2 aliphatic heterocycles. The molecule has 7 heteroatoms. The summed E-state index contributed by atoms with van der Waals surface area (Å²) >= 11 is 0. The molecular formula is C18H28N6O. The van der Waals surface area contributed by atoms with E-state index < -0.39 is 0 Å². The lowest BCUT2D eigenvalue weighted by atomic mass is 9.98. The Kier molecular flexibility index (Phi) is 4.85. The number of likely N-dealkylation sites (tertiary alicyclic amines) is 1. The van der Waals surface area contributed by atoms with E-state index in [1.54, 1.807) is 0 Å². The van der Waals surface area contributed by atoms with E-state index in [1.807, 2.05) is 0 Å². The summed E-state index contributed by atoms with van der Waals surface area (Å²) in [7, 11) is 0. The van der Waals surface area contributed by atoms with Gasteiger partial charge in [-0.2, -0.15) is 10.1 Å². The second kappa shape index (κ2) is 7.25. The average Bonchev–Trinajstić information content (AvgIpc) is 3.20. The van der Waals surface area contributed by atoms with E-state index in [1.165, 1.54) is 17.8 Å². The molecule has 136 valence electrons. The van der Waals surface area contributed by atoms with Crippen molar-refractivity contribution in [3.8, 4) is 0 Å². The Morgan fingerprint density at radius 1 is 1.36 bits per heavy atom. The lowest BCUT2D eigenvalue weighted by Gasteiger charge is -2.30. The van der Waals surface area contributed by atoms with E-state index in [9.17, 15) is 0 Å².